The van der Waals surface area contributed by atoms with E-state index in [1.165, 1.54) is 11.8 Å². The molecule has 1 amide bonds. The Hall–Kier alpha value is -5.36. The van der Waals surface area contributed by atoms with E-state index >= 15 is 0 Å². The molecule has 0 radical (unpaired) electrons. The SMILES string of the molecule is CC1=C(C(=O)OCc2ccccc2)C2(C(=O)N(CC(=O)OCc3ccccc3)c3ccccc32)C(C#N)=C(N)O1. The van der Waals surface area contributed by atoms with Crippen LogP contribution in [-0.2, 0) is 47.2 Å². The lowest BCUT2D eigenvalue weighted by atomic mass is 9.68. The van der Waals surface area contributed by atoms with E-state index in [1.54, 1.807) is 36.4 Å². The van der Waals surface area contributed by atoms with Gasteiger partial charge in [0.1, 0.15) is 42.7 Å². The molecule has 0 saturated heterocycles. The summed E-state index contributed by atoms with van der Waals surface area (Å²) in [4.78, 5) is 42.1. The summed E-state index contributed by atoms with van der Waals surface area (Å²) in [5, 5.41) is 10.2. The maximum Gasteiger partial charge on any atom is 0.339 e. The van der Waals surface area contributed by atoms with Crippen LogP contribution in [0, 0.1) is 11.3 Å². The van der Waals surface area contributed by atoms with Crippen LogP contribution in [0.15, 0.2) is 108 Å². The summed E-state index contributed by atoms with van der Waals surface area (Å²) >= 11 is 0. The van der Waals surface area contributed by atoms with E-state index in [0.29, 0.717) is 11.3 Å². The molecule has 40 heavy (non-hydrogen) atoms. The van der Waals surface area contributed by atoms with Gasteiger partial charge in [-0.2, -0.15) is 5.26 Å². The number of nitrogens with two attached hydrogens (primary N) is 1. The molecule has 0 saturated carbocycles. The smallest absolute Gasteiger partial charge is 0.339 e. The molecule has 9 heteroatoms. The van der Waals surface area contributed by atoms with Crippen LogP contribution in [0.5, 0.6) is 0 Å². The van der Waals surface area contributed by atoms with E-state index in [1.807, 2.05) is 54.6 Å². The number of hydrogen-bond acceptors (Lipinski definition) is 8. The van der Waals surface area contributed by atoms with Gasteiger partial charge in [-0.05, 0) is 24.1 Å². The number of hydrogen-bond donors (Lipinski definition) is 1. The van der Waals surface area contributed by atoms with Crippen molar-refractivity contribution in [3.8, 4) is 6.07 Å². The van der Waals surface area contributed by atoms with Gasteiger partial charge in [0, 0.05) is 11.3 Å². The van der Waals surface area contributed by atoms with Crippen LogP contribution in [-0.4, -0.2) is 24.4 Å². The summed E-state index contributed by atoms with van der Waals surface area (Å²) in [7, 11) is 0. The number of ether oxygens (including phenoxy) is 3. The molecular formula is C31H25N3O6. The van der Waals surface area contributed by atoms with Crippen molar-refractivity contribution in [3.05, 3.63) is 124 Å². The molecule has 200 valence electrons. The second kappa shape index (κ2) is 10.8. The maximum atomic E-state index is 14.4. The predicted molar refractivity (Wildman–Crippen MR) is 144 cm³/mol. The Morgan fingerprint density at radius 1 is 0.925 bits per heavy atom. The third-order valence-electron chi connectivity index (χ3n) is 6.83. The van der Waals surface area contributed by atoms with E-state index in [4.69, 9.17) is 19.9 Å². The zero-order chi connectivity index (χ0) is 28.3. The highest BCUT2D eigenvalue weighted by Crippen LogP contribution is 2.54. The number of benzene rings is 3. The number of nitriles is 1. The largest absolute Gasteiger partial charge is 0.459 e. The number of carbonyl (C=O) groups is 3. The van der Waals surface area contributed by atoms with Crippen molar-refractivity contribution >= 4 is 23.5 Å². The number of amides is 1. The average molecular weight is 536 g/mol. The highest BCUT2D eigenvalue weighted by atomic mass is 16.5. The summed E-state index contributed by atoms with van der Waals surface area (Å²) in [6.07, 6.45) is 0. The highest BCUT2D eigenvalue weighted by molar-refractivity contribution is 6.19. The fourth-order valence-corrected chi connectivity index (χ4v) is 5.08. The van der Waals surface area contributed by atoms with Gasteiger partial charge >= 0.3 is 11.9 Å². The summed E-state index contributed by atoms with van der Waals surface area (Å²) < 4.78 is 16.6. The Balaban J connectivity index is 1.53. The van der Waals surface area contributed by atoms with Crippen molar-refractivity contribution < 1.29 is 28.6 Å². The zero-order valence-electron chi connectivity index (χ0n) is 21.6. The van der Waals surface area contributed by atoms with Crippen LogP contribution in [0.2, 0.25) is 0 Å². The summed E-state index contributed by atoms with van der Waals surface area (Å²) in [5.41, 5.74) is 5.89. The third-order valence-corrected chi connectivity index (χ3v) is 6.83. The van der Waals surface area contributed by atoms with Crippen molar-refractivity contribution in [1.29, 1.82) is 5.26 Å². The monoisotopic (exact) mass is 535 g/mol. The van der Waals surface area contributed by atoms with Crippen molar-refractivity contribution in [2.45, 2.75) is 25.6 Å². The first-order chi connectivity index (χ1) is 19.4. The Bertz CT molecular complexity index is 1590. The molecule has 1 spiro atoms. The van der Waals surface area contributed by atoms with Crippen LogP contribution in [0.25, 0.3) is 0 Å². The molecule has 3 aromatic rings. The van der Waals surface area contributed by atoms with Crippen molar-refractivity contribution in [1.82, 2.24) is 0 Å². The first-order valence-corrected chi connectivity index (χ1v) is 12.5. The van der Waals surface area contributed by atoms with E-state index < -0.39 is 29.8 Å². The van der Waals surface area contributed by atoms with Gasteiger partial charge in [-0.25, -0.2) is 4.79 Å². The average Bonchev–Trinajstić information content (AvgIpc) is 3.19. The minimum Gasteiger partial charge on any atom is -0.459 e. The van der Waals surface area contributed by atoms with Crippen LogP contribution < -0.4 is 10.6 Å². The normalized spacial score (nSPS) is 17.8. The molecule has 5 rings (SSSR count). The summed E-state index contributed by atoms with van der Waals surface area (Å²) in [5.74, 6) is -2.51. The van der Waals surface area contributed by atoms with Gasteiger partial charge in [-0.3, -0.25) is 14.5 Å². The molecule has 3 aromatic carbocycles. The fraction of sp³-hybridized carbons (Fsp3) is 0.161. The Morgan fingerprint density at radius 3 is 2.12 bits per heavy atom. The van der Waals surface area contributed by atoms with Crippen LogP contribution in [0.4, 0.5) is 5.69 Å². The van der Waals surface area contributed by atoms with E-state index in [2.05, 4.69) is 0 Å². The Kier molecular flexibility index (Phi) is 7.08. The summed E-state index contributed by atoms with van der Waals surface area (Å²) in [6.45, 7) is 0.984. The fourth-order valence-electron chi connectivity index (χ4n) is 5.08. The molecule has 2 heterocycles. The minimum atomic E-state index is -1.97. The molecule has 2 aliphatic rings. The van der Waals surface area contributed by atoms with Gasteiger partial charge in [0.15, 0.2) is 5.41 Å². The minimum absolute atomic E-state index is 0.0196. The van der Waals surface area contributed by atoms with Crippen molar-refractivity contribution in [2.24, 2.45) is 5.73 Å². The zero-order valence-corrected chi connectivity index (χ0v) is 21.6. The van der Waals surface area contributed by atoms with Gasteiger partial charge in [0.2, 0.25) is 11.8 Å². The van der Waals surface area contributed by atoms with Gasteiger partial charge in [0.05, 0.1) is 0 Å². The van der Waals surface area contributed by atoms with Gasteiger partial charge in [-0.1, -0.05) is 78.9 Å². The number of allylic oxidation sites excluding steroid dienone is 1. The van der Waals surface area contributed by atoms with Crippen molar-refractivity contribution in [3.63, 3.8) is 0 Å². The van der Waals surface area contributed by atoms with Crippen molar-refractivity contribution in [2.75, 3.05) is 11.4 Å². The van der Waals surface area contributed by atoms with Crippen LogP contribution >= 0.6 is 0 Å². The molecule has 0 aliphatic carbocycles. The number of carbonyl (C=O) groups excluding carboxylic acids is 3. The maximum absolute atomic E-state index is 14.4. The number of anilines is 1. The molecule has 2 aliphatic heterocycles. The van der Waals surface area contributed by atoms with Gasteiger partial charge < -0.3 is 19.9 Å². The molecule has 1 unspecified atom stereocenters. The molecule has 2 N–H and O–H groups in total. The van der Waals surface area contributed by atoms with E-state index in [0.717, 1.165) is 11.1 Å². The molecule has 0 aromatic heterocycles. The second-order valence-corrected chi connectivity index (χ2v) is 9.25. The number of esters is 2. The molecule has 9 nitrogen and oxygen atoms in total. The molecule has 0 fully saturated rings. The summed E-state index contributed by atoms with van der Waals surface area (Å²) in [6, 6.07) is 26.8. The lowest BCUT2D eigenvalue weighted by molar-refractivity contribution is -0.144. The number of fused-ring (bicyclic) bond motifs is 2. The first-order valence-electron chi connectivity index (χ1n) is 12.5. The number of rotatable bonds is 7. The Labute approximate surface area is 230 Å². The first kappa shape index (κ1) is 26.3. The predicted octanol–water partition coefficient (Wildman–Crippen LogP) is 3.76. The lowest BCUT2D eigenvalue weighted by Crippen LogP contribution is -2.49. The van der Waals surface area contributed by atoms with Gasteiger partial charge in [-0.15, -0.1) is 0 Å². The van der Waals surface area contributed by atoms with Crippen LogP contribution in [0.3, 0.4) is 0 Å². The lowest BCUT2D eigenvalue weighted by Gasteiger charge is -2.34. The standard InChI is InChI=1S/C31H25N3O6/c1-20-27(29(36)39-19-22-12-6-3-7-13-22)31(24(16-32)28(33)40-20)23-14-8-9-15-25(23)34(30(31)37)17-26(35)38-18-21-10-4-2-5-11-21/h2-15H,17-19,33H2,1H3. The molecular weight excluding hydrogens is 510 g/mol. The highest BCUT2D eigenvalue weighted by Gasteiger charge is 2.62. The Morgan fingerprint density at radius 2 is 1.50 bits per heavy atom. The van der Waals surface area contributed by atoms with Crippen LogP contribution in [0.1, 0.15) is 23.6 Å². The topological polar surface area (TPSA) is 132 Å². The number of para-hydroxylation sites is 1. The number of nitrogens with zero attached hydrogens (tertiary/aromatic N) is 2. The quantitative estimate of drug-likeness (QED) is 0.453. The van der Waals surface area contributed by atoms with Gasteiger partial charge in [0.25, 0.3) is 0 Å². The third kappa shape index (κ3) is 4.46. The second-order valence-electron chi connectivity index (χ2n) is 9.25. The molecule has 0 bridgehead atoms. The molecule has 1 atom stereocenters. The van der Waals surface area contributed by atoms with E-state index in [9.17, 15) is 19.6 Å². The van der Waals surface area contributed by atoms with E-state index in [-0.39, 0.29) is 36.0 Å².